The second-order valence-corrected chi connectivity index (χ2v) is 6.05. The van der Waals surface area contributed by atoms with Crippen LogP contribution in [0.25, 0.3) is 0 Å². The normalized spacial score (nSPS) is 23.9. The molecule has 3 rings (SSSR count). The standard InChI is InChI=1S/C17H25NO3/c1-20-15-7-3-2-6-14(15)16(19)17(8-4-5-9-17)18-10-12-21-13-11-18/h2-3,6-7,16,19H,4-5,8-13H2,1H3. The van der Waals surface area contributed by atoms with Crippen LogP contribution in [0.3, 0.4) is 0 Å². The number of para-hydroxylation sites is 1. The van der Waals surface area contributed by atoms with Crippen LogP contribution in [-0.2, 0) is 4.74 Å². The van der Waals surface area contributed by atoms with Gasteiger partial charge in [-0.1, -0.05) is 31.0 Å². The Morgan fingerprint density at radius 2 is 1.86 bits per heavy atom. The molecule has 1 aliphatic heterocycles. The molecule has 21 heavy (non-hydrogen) atoms. The molecule has 4 nitrogen and oxygen atoms in total. The molecule has 0 bridgehead atoms. The zero-order valence-corrected chi connectivity index (χ0v) is 12.8. The number of hydrogen-bond donors (Lipinski definition) is 1. The molecule has 0 amide bonds. The van der Waals surface area contributed by atoms with E-state index in [-0.39, 0.29) is 5.54 Å². The SMILES string of the molecule is COc1ccccc1C(O)C1(N2CCOCC2)CCCC1. The fourth-order valence-corrected chi connectivity index (χ4v) is 3.94. The lowest BCUT2D eigenvalue weighted by molar-refractivity contribution is -0.0779. The first-order valence-electron chi connectivity index (χ1n) is 7.92. The summed E-state index contributed by atoms with van der Waals surface area (Å²) in [7, 11) is 1.67. The summed E-state index contributed by atoms with van der Waals surface area (Å²) in [5.41, 5.74) is 0.756. The highest BCUT2D eigenvalue weighted by Gasteiger charge is 2.47. The topological polar surface area (TPSA) is 41.9 Å². The summed E-state index contributed by atoms with van der Waals surface area (Å²) < 4.78 is 10.9. The number of methoxy groups -OCH3 is 1. The Bertz CT molecular complexity index is 465. The molecule has 0 spiro atoms. The van der Waals surface area contributed by atoms with Crippen LogP contribution in [0.15, 0.2) is 24.3 Å². The highest BCUT2D eigenvalue weighted by molar-refractivity contribution is 5.37. The Balaban J connectivity index is 1.92. The zero-order chi connectivity index (χ0) is 14.7. The molecule has 1 atom stereocenters. The first-order chi connectivity index (χ1) is 10.3. The Kier molecular flexibility index (Phi) is 4.48. The molecule has 1 saturated heterocycles. The number of morpholine rings is 1. The van der Waals surface area contributed by atoms with E-state index in [1.807, 2.05) is 24.3 Å². The van der Waals surface area contributed by atoms with Crippen LogP contribution in [-0.4, -0.2) is 49.0 Å². The monoisotopic (exact) mass is 291 g/mol. The molecule has 116 valence electrons. The number of ether oxygens (including phenoxy) is 2. The minimum atomic E-state index is -0.505. The lowest BCUT2D eigenvalue weighted by atomic mass is 9.83. The van der Waals surface area contributed by atoms with Crippen molar-refractivity contribution >= 4 is 0 Å². The highest BCUT2D eigenvalue weighted by atomic mass is 16.5. The minimum Gasteiger partial charge on any atom is -0.496 e. The fraction of sp³-hybridized carbons (Fsp3) is 0.647. The number of benzene rings is 1. The Morgan fingerprint density at radius 3 is 2.52 bits per heavy atom. The van der Waals surface area contributed by atoms with E-state index in [9.17, 15) is 5.11 Å². The second-order valence-electron chi connectivity index (χ2n) is 6.05. The predicted octanol–water partition coefficient (Wildman–Crippen LogP) is 2.37. The van der Waals surface area contributed by atoms with Gasteiger partial charge in [0, 0.05) is 18.7 Å². The fourth-order valence-electron chi connectivity index (χ4n) is 3.94. The molecule has 1 N–H and O–H groups in total. The van der Waals surface area contributed by atoms with Crippen LogP contribution in [0.2, 0.25) is 0 Å². The number of hydrogen-bond acceptors (Lipinski definition) is 4. The van der Waals surface area contributed by atoms with Gasteiger partial charge >= 0.3 is 0 Å². The Hall–Kier alpha value is -1.10. The summed E-state index contributed by atoms with van der Waals surface area (Å²) in [6, 6.07) is 7.85. The first kappa shape index (κ1) is 14.8. The number of nitrogens with zero attached hydrogens (tertiary/aromatic N) is 1. The van der Waals surface area contributed by atoms with Crippen molar-refractivity contribution in [1.82, 2.24) is 4.90 Å². The van der Waals surface area contributed by atoms with Gasteiger partial charge in [0.25, 0.3) is 0 Å². The van der Waals surface area contributed by atoms with Crippen molar-refractivity contribution in [3.8, 4) is 5.75 Å². The molecule has 0 radical (unpaired) electrons. The average Bonchev–Trinajstić information content (AvgIpc) is 3.06. The predicted molar refractivity (Wildman–Crippen MR) is 81.5 cm³/mol. The molecule has 1 aromatic rings. The van der Waals surface area contributed by atoms with Gasteiger partial charge in [-0.2, -0.15) is 0 Å². The summed E-state index contributed by atoms with van der Waals surface area (Å²) in [6.45, 7) is 3.35. The molecular weight excluding hydrogens is 266 g/mol. The molecule has 4 heteroatoms. The third kappa shape index (κ3) is 2.68. The van der Waals surface area contributed by atoms with Gasteiger partial charge in [0.2, 0.25) is 0 Å². The molecule has 1 heterocycles. The maximum Gasteiger partial charge on any atom is 0.124 e. The van der Waals surface area contributed by atoms with Crippen molar-refractivity contribution in [3.63, 3.8) is 0 Å². The van der Waals surface area contributed by atoms with E-state index >= 15 is 0 Å². The van der Waals surface area contributed by atoms with E-state index in [0.29, 0.717) is 0 Å². The lowest BCUT2D eigenvalue weighted by Crippen LogP contribution is -2.55. The van der Waals surface area contributed by atoms with Crippen molar-refractivity contribution in [2.75, 3.05) is 33.4 Å². The molecule has 1 saturated carbocycles. The van der Waals surface area contributed by atoms with E-state index in [1.54, 1.807) is 7.11 Å². The maximum atomic E-state index is 11.2. The summed E-state index contributed by atoms with van der Waals surface area (Å²) >= 11 is 0. The van der Waals surface area contributed by atoms with Gasteiger partial charge in [0.15, 0.2) is 0 Å². The molecule has 2 aliphatic rings. The van der Waals surface area contributed by atoms with E-state index in [0.717, 1.165) is 50.5 Å². The van der Waals surface area contributed by atoms with Crippen molar-refractivity contribution < 1.29 is 14.6 Å². The molecular formula is C17H25NO3. The van der Waals surface area contributed by atoms with Gasteiger partial charge in [0.05, 0.1) is 25.9 Å². The van der Waals surface area contributed by atoms with Crippen LogP contribution in [0.1, 0.15) is 37.4 Å². The van der Waals surface area contributed by atoms with Crippen LogP contribution in [0.5, 0.6) is 5.75 Å². The summed E-state index contributed by atoms with van der Waals surface area (Å²) in [6.07, 6.45) is 3.96. The van der Waals surface area contributed by atoms with Gasteiger partial charge in [-0.15, -0.1) is 0 Å². The van der Waals surface area contributed by atoms with E-state index in [4.69, 9.17) is 9.47 Å². The van der Waals surface area contributed by atoms with Crippen molar-refractivity contribution in [2.45, 2.75) is 37.3 Å². The Labute approximate surface area is 126 Å². The van der Waals surface area contributed by atoms with Crippen molar-refractivity contribution in [3.05, 3.63) is 29.8 Å². The van der Waals surface area contributed by atoms with E-state index in [2.05, 4.69) is 4.90 Å². The maximum absolute atomic E-state index is 11.2. The third-order valence-electron chi connectivity index (χ3n) is 5.05. The van der Waals surface area contributed by atoms with Gasteiger partial charge < -0.3 is 14.6 Å². The van der Waals surface area contributed by atoms with Crippen LogP contribution < -0.4 is 4.74 Å². The summed E-state index contributed by atoms with van der Waals surface area (Å²) in [5.74, 6) is 0.782. The molecule has 1 aromatic carbocycles. The minimum absolute atomic E-state index is 0.154. The smallest absolute Gasteiger partial charge is 0.124 e. The summed E-state index contributed by atoms with van der Waals surface area (Å²) in [4.78, 5) is 2.45. The Morgan fingerprint density at radius 1 is 1.19 bits per heavy atom. The number of aliphatic hydroxyl groups excluding tert-OH is 1. The van der Waals surface area contributed by atoms with Crippen molar-refractivity contribution in [1.29, 1.82) is 0 Å². The summed E-state index contributed by atoms with van der Waals surface area (Å²) in [5, 5.41) is 11.2. The van der Waals surface area contributed by atoms with Gasteiger partial charge in [-0.3, -0.25) is 4.90 Å². The van der Waals surface area contributed by atoms with Crippen LogP contribution >= 0.6 is 0 Å². The van der Waals surface area contributed by atoms with Gasteiger partial charge in [0.1, 0.15) is 11.9 Å². The average molecular weight is 291 g/mol. The highest BCUT2D eigenvalue weighted by Crippen LogP contribution is 2.46. The van der Waals surface area contributed by atoms with Gasteiger partial charge in [-0.05, 0) is 18.9 Å². The molecule has 0 aromatic heterocycles. The quantitative estimate of drug-likeness (QED) is 0.925. The third-order valence-corrected chi connectivity index (χ3v) is 5.05. The molecule has 2 fully saturated rings. The van der Waals surface area contributed by atoms with Crippen LogP contribution in [0.4, 0.5) is 0 Å². The van der Waals surface area contributed by atoms with E-state index in [1.165, 1.54) is 12.8 Å². The van der Waals surface area contributed by atoms with E-state index < -0.39 is 6.10 Å². The first-order valence-corrected chi connectivity index (χ1v) is 7.92. The second kappa shape index (κ2) is 6.34. The van der Waals surface area contributed by atoms with Crippen LogP contribution in [0, 0.1) is 0 Å². The van der Waals surface area contributed by atoms with Crippen molar-refractivity contribution in [2.24, 2.45) is 0 Å². The number of rotatable bonds is 4. The molecule has 1 unspecified atom stereocenters. The molecule has 1 aliphatic carbocycles. The lowest BCUT2D eigenvalue weighted by Gasteiger charge is -2.46. The van der Waals surface area contributed by atoms with Gasteiger partial charge in [-0.25, -0.2) is 0 Å². The largest absolute Gasteiger partial charge is 0.496 e. The number of aliphatic hydroxyl groups is 1. The zero-order valence-electron chi connectivity index (χ0n) is 12.8.